The molecule has 2 heterocycles. The van der Waals surface area contributed by atoms with Gasteiger partial charge in [-0.15, -0.1) is 0 Å². The highest BCUT2D eigenvalue weighted by Gasteiger charge is 2.27. The zero-order valence-corrected chi connectivity index (χ0v) is 8.21. The van der Waals surface area contributed by atoms with Crippen molar-refractivity contribution in [2.45, 2.75) is 18.9 Å². The van der Waals surface area contributed by atoms with Crippen LogP contribution in [0.5, 0.6) is 0 Å². The number of hydrogen-bond acceptors (Lipinski definition) is 3. The third-order valence-electron chi connectivity index (χ3n) is 2.36. The molecule has 0 amide bonds. The lowest BCUT2D eigenvalue weighted by Crippen LogP contribution is -1.97. The van der Waals surface area contributed by atoms with Gasteiger partial charge in [0.1, 0.15) is 5.69 Å². The molecule has 0 radical (unpaired) electrons. The molecule has 0 aliphatic heterocycles. The molecular formula is C8H9N5S. The Morgan fingerprint density at radius 1 is 1.43 bits per heavy atom. The Labute approximate surface area is 85.2 Å². The summed E-state index contributed by atoms with van der Waals surface area (Å²) in [5.74, 6) is 0.856. The van der Waals surface area contributed by atoms with Crippen molar-refractivity contribution in [3.63, 3.8) is 0 Å². The molecule has 2 aromatic heterocycles. The van der Waals surface area contributed by atoms with E-state index in [9.17, 15) is 0 Å². The van der Waals surface area contributed by atoms with Gasteiger partial charge in [-0.1, -0.05) is 0 Å². The predicted molar refractivity (Wildman–Crippen MR) is 53.3 cm³/mol. The first kappa shape index (κ1) is 7.93. The quantitative estimate of drug-likeness (QED) is 0.736. The van der Waals surface area contributed by atoms with Crippen molar-refractivity contribution in [2.24, 2.45) is 0 Å². The molecule has 6 heteroatoms. The van der Waals surface area contributed by atoms with Crippen LogP contribution in [0.4, 0.5) is 0 Å². The third kappa shape index (κ3) is 1.11. The van der Waals surface area contributed by atoms with Gasteiger partial charge in [0, 0.05) is 12.2 Å². The fourth-order valence-corrected chi connectivity index (χ4v) is 1.83. The smallest absolute Gasteiger partial charge is 0.195 e. The lowest BCUT2D eigenvalue weighted by molar-refractivity contribution is 0.732. The zero-order valence-electron chi connectivity index (χ0n) is 7.40. The normalized spacial score (nSPS) is 16.0. The minimum absolute atomic E-state index is 0.527. The molecule has 2 aromatic rings. The molecule has 1 fully saturated rings. The predicted octanol–water partition coefficient (Wildman–Crippen LogP) is 1.67. The Hall–Kier alpha value is -1.43. The fraction of sp³-hybridized carbons (Fsp3) is 0.375. The maximum atomic E-state index is 5.17. The van der Waals surface area contributed by atoms with Gasteiger partial charge in [0.15, 0.2) is 10.6 Å². The highest BCUT2D eigenvalue weighted by atomic mass is 32.1. The Morgan fingerprint density at radius 3 is 2.93 bits per heavy atom. The van der Waals surface area contributed by atoms with Gasteiger partial charge in [0.2, 0.25) is 0 Å². The van der Waals surface area contributed by atoms with Crippen LogP contribution < -0.4 is 0 Å². The third-order valence-corrected chi connectivity index (χ3v) is 2.65. The Balaban J connectivity index is 2.18. The first-order chi connectivity index (χ1) is 6.86. The Morgan fingerprint density at radius 2 is 2.29 bits per heavy atom. The standard InChI is InChI=1S/C8H9N5S/c14-8-12-11-7(6-3-4-9-10-6)13(8)5-1-2-5/h3-5H,1-2H2,(H,9,10)(H,12,14). The van der Waals surface area contributed by atoms with Crippen molar-refractivity contribution in [2.75, 3.05) is 0 Å². The number of aromatic amines is 2. The first-order valence-electron chi connectivity index (χ1n) is 4.53. The number of nitrogens with one attached hydrogen (secondary N) is 2. The molecule has 0 atom stereocenters. The highest BCUT2D eigenvalue weighted by Crippen LogP contribution is 2.37. The largest absolute Gasteiger partial charge is 0.296 e. The van der Waals surface area contributed by atoms with Gasteiger partial charge in [-0.2, -0.15) is 10.2 Å². The van der Waals surface area contributed by atoms with E-state index < -0.39 is 0 Å². The van der Waals surface area contributed by atoms with Crippen LogP contribution in [0.15, 0.2) is 12.3 Å². The molecule has 0 aromatic carbocycles. The lowest BCUT2D eigenvalue weighted by Gasteiger charge is -2.01. The van der Waals surface area contributed by atoms with E-state index in [1.54, 1.807) is 6.20 Å². The van der Waals surface area contributed by atoms with Crippen molar-refractivity contribution in [3.8, 4) is 11.5 Å². The molecule has 0 saturated heterocycles. The summed E-state index contributed by atoms with van der Waals surface area (Å²) in [6, 6.07) is 2.42. The summed E-state index contributed by atoms with van der Waals surface area (Å²) in [6.07, 6.45) is 4.09. The minimum atomic E-state index is 0.527. The molecule has 2 N–H and O–H groups in total. The van der Waals surface area contributed by atoms with Gasteiger partial charge >= 0.3 is 0 Å². The second-order valence-corrected chi connectivity index (χ2v) is 3.81. The summed E-state index contributed by atoms with van der Waals surface area (Å²) in [4.78, 5) is 0. The van der Waals surface area contributed by atoms with Crippen LogP contribution in [0.2, 0.25) is 0 Å². The maximum Gasteiger partial charge on any atom is 0.195 e. The van der Waals surface area contributed by atoms with Crippen molar-refractivity contribution in [3.05, 3.63) is 17.0 Å². The number of nitrogens with zero attached hydrogens (tertiary/aromatic N) is 3. The molecule has 0 unspecified atom stereocenters. The first-order valence-corrected chi connectivity index (χ1v) is 4.94. The molecule has 1 aliphatic rings. The molecule has 0 bridgehead atoms. The van der Waals surface area contributed by atoms with E-state index in [1.165, 1.54) is 12.8 Å². The van der Waals surface area contributed by atoms with E-state index in [-0.39, 0.29) is 0 Å². The van der Waals surface area contributed by atoms with Crippen molar-refractivity contribution < 1.29 is 0 Å². The average molecular weight is 207 g/mol. The van der Waals surface area contributed by atoms with Gasteiger partial charge < -0.3 is 0 Å². The van der Waals surface area contributed by atoms with Crippen LogP contribution in [0.1, 0.15) is 18.9 Å². The van der Waals surface area contributed by atoms with Crippen LogP contribution >= 0.6 is 12.2 Å². The topological polar surface area (TPSA) is 62.3 Å². The summed E-state index contributed by atoms with van der Waals surface area (Å²) in [5, 5.41) is 13.8. The van der Waals surface area contributed by atoms with Crippen LogP contribution in [0.25, 0.3) is 11.5 Å². The van der Waals surface area contributed by atoms with E-state index >= 15 is 0 Å². The molecule has 1 aliphatic carbocycles. The van der Waals surface area contributed by atoms with Crippen molar-refractivity contribution >= 4 is 12.2 Å². The van der Waals surface area contributed by atoms with Gasteiger partial charge in [0.05, 0.1) is 0 Å². The Kier molecular flexibility index (Phi) is 1.57. The lowest BCUT2D eigenvalue weighted by atomic mass is 10.4. The molecule has 0 spiro atoms. The van der Waals surface area contributed by atoms with Gasteiger partial charge in [-0.3, -0.25) is 14.8 Å². The summed E-state index contributed by atoms with van der Waals surface area (Å²) in [6.45, 7) is 0. The summed E-state index contributed by atoms with van der Waals surface area (Å²) in [5.41, 5.74) is 0.907. The van der Waals surface area contributed by atoms with Gasteiger partial charge in [-0.25, -0.2) is 0 Å². The number of rotatable bonds is 2. The van der Waals surface area contributed by atoms with Crippen molar-refractivity contribution in [1.29, 1.82) is 0 Å². The maximum absolute atomic E-state index is 5.17. The number of aromatic nitrogens is 5. The van der Waals surface area contributed by atoms with E-state index in [1.807, 2.05) is 6.07 Å². The minimum Gasteiger partial charge on any atom is -0.296 e. The van der Waals surface area contributed by atoms with E-state index in [4.69, 9.17) is 12.2 Å². The molecule has 72 valence electrons. The van der Waals surface area contributed by atoms with Crippen LogP contribution in [-0.2, 0) is 0 Å². The van der Waals surface area contributed by atoms with Crippen LogP contribution in [0, 0.1) is 4.77 Å². The molecular weight excluding hydrogens is 198 g/mol. The molecule has 1 saturated carbocycles. The molecule has 14 heavy (non-hydrogen) atoms. The van der Waals surface area contributed by atoms with Gasteiger partial charge in [-0.05, 0) is 31.1 Å². The average Bonchev–Trinajstić information content (AvgIpc) is 2.75. The van der Waals surface area contributed by atoms with Gasteiger partial charge in [0.25, 0.3) is 0 Å². The monoisotopic (exact) mass is 207 g/mol. The second-order valence-electron chi connectivity index (χ2n) is 3.42. The molecule has 3 rings (SSSR count). The molecule has 5 nitrogen and oxygen atoms in total. The number of hydrogen-bond donors (Lipinski definition) is 2. The second kappa shape index (κ2) is 2.78. The van der Waals surface area contributed by atoms with Crippen LogP contribution in [0.3, 0.4) is 0 Å². The summed E-state index contributed by atoms with van der Waals surface area (Å²) in [7, 11) is 0. The van der Waals surface area contributed by atoms with Crippen LogP contribution in [-0.4, -0.2) is 25.0 Å². The van der Waals surface area contributed by atoms with E-state index in [2.05, 4.69) is 25.0 Å². The van der Waals surface area contributed by atoms with E-state index in [0.717, 1.165) is 11.5 Å². The summed E-state index contributed by atoms with van der Waals surface area (Å²) < 4.78 is 2.75. The highest BCUT2D eigenvalue weighted by molar-refractivity contribution is 7.71. The Bertz CT molecular complexity index is 490. The summed E-state index contributed by atoms with van der Waals surface area (Å²) >= 11 is 5.17. The fourth-order valence-electron chi connectivity index (χ4n) is 1.55. The van der Waals surface area contributed by atoms with Crippen molar-refractivity contribution in [1.82, 2.24) is 25.0 Å². The number of H-pyrrole nitrogens is 2. The van der Waals surface area contributed by atoms with E-state index in [0.29, 0.717) is 10.8 Å². The SMILES string of the molecule is S=c1[nH]nc(-c2ccn[nH]2)n1C1CC1. The zero-order chi connectivity index (χ0) is 9.54.